The highest BCUT2D eigenvalue weighted by atomic mass is 19.4. The summed E-state index contributed by atoms with van der Waals surface area (Å²) in [5.41, 5.74) is -0.495. The summed E-state index contributed by atoms with van der Waals surface area (Å²) in [4.78, 5) is 1.47. The first-order valence-electron chi connectivity index (χ1n) is 6.52. The second kappa shape index (κ2) is 6.35. The van der Waals surface area contributed by atoms with Gasteiger partial charge in [0, 0.05) is 31.4 Å². The van der Waals surface area contributed by atoms with Gasteiger partial charge in [-0.3, -0.25) is 4.68 Å². The molecule has 8 heteroatoms. The lowest BCUT2D eigenvalue weighted by atomic mass is 10.2. The summed E-state index contributed by atoms with van der Waals surface area (Å²) in [5.74, 6) is -0.498. The average Bonchev–Trinajstić information content (AvgIpc) is 2.79. The molecule has 2 rings (SSSR count). The van der Waals surface area contributed by atoms with E-state index in [0.29, 0.717) is 5.69 Å². The van der Waals surface area contributed by atoms with Crippen LogP contribution in [0.25, 0.3) is 0 Å². The highest BCUT2D eigenvalue weighted by molar-refractivity contribution is 5.47. The van der Waals surface area contributed by atoms with Crippen molar-refractivity contribution in [2.24, 2.45) is 7.05 Å². The number of nitrogens with zero attached hydrogens (tertiary/aromatic N) is 3. The summed E-state index contributed by atoms with van der Waals surface area (Å²) in [5, 5.41) is 12.7. The molecule has 1 N–H and O–H groups in total. The zero-order valence-corrected chi connectivity index (χ0v) is 11.8. The molecule has 0 aliphatic rings. The molecule has 0 aliphatic heterocycles. The maximum Gasteiger partial charge on any atom is 0.433 e. The molecular formula is C14H15F4N3O. The predicted octanol–water partition coefficient (Wildman–Crippen LogP) is 2.58. The van der Waals surface area contributed by atoms with Gasteiger partial charge in [-0.05, 0) is 18.2 Å². The molecule has 120 valence electrons. The lowest BCUT2D eigenvalue weighted by Gasteiger charge is -2.24. The second-order valence-corrected chi connectivity index (χ2v) is 4.76. The normalized spacial score (nSPS) is 11.7. The summed E-state index contributed by atoms with van der Waals surface area (Å²) in [6, 6.07) is 5.48. The van der Waals surface area contributed by atoms with E-state index in [9.17, 15) is 17.6 Å². The molecule has 0 fully saturated rings. The van der Waals surface area contributed by atoms with Crippen LogP contribution in [0.3, 0.4) is 0 Å². The van der Waals surface area contributed by atoms with Crippen LogP contribution < -0.4 is 4.90 Å². The number of aryl methyl sites for hydroxylation is 1. The van der Waals surface area contributed by atoms with Crippen LogP contribution in [0.1, 0.15) is 11.3 Å². The third-order valence-corrected chi connectivity index (χ3v) is 3.19. The minimum atomic E-state index is -4.53. The molecule has 0 saturated carbocycles. The molecule has 0 unspecified atom stereocenters. The van der Waals surface area contributed by atoms with Crippen LogP contribution in [0.4, 0.5) is 23.2 Å². The Bertz CT molecular complexity index is 639. The summed E-state index contributed by atoms with van der Waals surface area (Å²) < 4.78 is 53.2. The quantitative estimate of drug-likeness (QED) is 0.862. The number of rotatable bonds is 5. The van der Waals surface area contributed by atoms with E-state index in [4.69, 9.17) is 5.11 Å². The Balaban J connectivity index is 2.33. The zero-order chi connectivity index (χ0) is 16.3. The minimum absolute atomic E-state index is 0.0345. The maximum absolute atomic E-state index is 13.3. The fraction of sp³-hybridized carbons (Fsp3) is 0.357. The smallest absolute Gasteiger partial charge is 0.395 e. The Morgan fingerprint density at radius 3 is 2.64 bits per heavy atom. The van der Waals surface area contributed by atoms with E-state index < -0.39 is 17.7 Å². The van der Waals surface area contributed by atoms with E-state index >= 15 is 0 Å². The van der Waals surface area contributed by atoms with Crippen LogP contribution in [0.15, 0.2) is 30.5 Å². The van der Waals surface area contributed by atoms with Crippen LogP contribution in [-0.4, -0.2) is 28.0 Å². The van der Waals surface area contributed by atoms with Crippen molar-refractivity contribution in [3.8, 4) is 0 Å². The Hall–Kier alpha value is -2.09. The number of hydrogen-bond acceptors (Lipinski definition) is 3. The number of halogens is 4. The molecule has 1 heterocycles. The Labute approximate surface area is 124 Å². The predicted molar refractivity (Wildman–Crippen MR) is 72.7 cm³/mol. The molecule has 4 nitrogen and oxygen atoms in total. The van der Waals surface area contributed by atoms with E-state index in [1.165, 1.54) is 30.1 Å². The van der Waals surface area contributed by atoms with Gasteiger partial charge >= 0.3 is 6.18 Å². The van der Waals surface area contributed by atoms with E-state index in [1.807, 2.05) is 0 Å². The van der Waals surface area contributed by atoms with Crippen LogP contribution in [0.5, 0.6) is 0 Å². The lowest BCUT2D eigenvalue weighted by Crippen LogP contribution is -2.27. The fourth-order valence-electron chi connectivity index (χ4n) is 2.26. The molecule has 22 heavy (non-hydrogen) atoms. The van der Waals surface area contributed by atoms with E-state index in [2.05, 4.69) is 5.10 Å². The molecule has 0 bridgehead atoms. The van der Waals surface area contributed by atoms with Crippen molar-refractivity contribution in [1.29, 1.82) is 0 Å². The van der Waals surface area contributed by atoms with Crippen LogP contribution >= 0.6 is 0 Å². The maximum atomic E-state index is 13.3. The van der Waals surface area contributed by atoms with Crippen LogP contribution in [0.2, 0.25) is 0 Å². The first-order valence-corrected chi connectivity index (χ1v) is 6.52. The van der Waals surface area contributed by atoms with Gasteiger partial charge in [-0.1, -0.05) is 6.07 Å². The number of aromatic nitrogens is 2. The number of hydrogen-bond donors (Lipinski definition) is 1. The number of aliphatic hydroxyl groups excluding tert-OH is 1. The number of benzene rings is 1. The standard InChI is InChI=1S/C14H15F4N3O/c1-20-13(14(16,17)18)10(8-19-20)9-21(5-6-22)12-4-2-3-11(15)7-12/h2-4,7-8,22H,5-6,9H2,1H3. The highest BCUT2D eigenvalue weighted by Gasteiger charge is 2.37. The minimum Gasteiger partial charge on any atom is -0.395 e. The number of alkyl halides is 3. The van der Waals surface area contributed by atoms with Crippen molar-refractivity contribution >= 4 is 5.69 Å². The Kier molecular flexibility index (Phi) is 4.70. The first-order chi connectivity index (χ1) is 10.3. The third-order valence-electron chi connectivity index (χ3n) is 3.19. The van der Waals surface area contributed by atoms with Gasteiger partial charge in [-0.15, -0.1) is 0 Å². The van der Waals surface area contributed by atoms with E-state index in [0.717, 1.165) is 10.9 Å². The summed E-state index contributed by atoms with van der Waals surface area (Å²) in [6.45, 7) is -0.319. The summed E-state index contributed by atoms with van der Waals surface area (Å²) >= 11 is 0. The van der Waals surface area contributed by atoms with Crippen molar-refractivity contribution in [2.45, 2.75) is 12.7 Å². The van der Waals surface area contributed by atoms with Gasteiger partial charge in [0.15, 0.2) is 0 Å². The molecule has 0 spiro atoms. The SMILES string of the molecule is Cn1ncc(CN(CCO)c2cccc(F)c2)c1C(F)(F)F. The molecular weight excluding hydrogens is 302 g/mol. The summed E-state index contributed by atoms with van der Waals surface area (Å²) in [6.07, 6.45) is -3.40. The molecule has 0 atom stereocenters. The van der Waals surface area contributed by atoms with Crippen molar-refractivity contribution in [3.05, 3.63) is 47.5 Å². The van der Waals surface area contributed by atoms with Crippen molar-refractivity contribution in [1.82, 2.24) is 9.78 Å². The molecule has 2 aromatic rings. The monoisotopic (exact) mass is 317 g/mol. The van der Waals surface area contributed by atoms with Crippen LogP contribution in [-0.2, 0) is 19.8 Å². The van der Waals surface area contributed by atoms with Crippen molar-refractivity contribution in [3.63, 3.8) is 0 Å². The zero-order valence-electron chi connectivity index (χ0n) is 11.8. The average molecular weight is 317 g/mol. The lowest BCUT2D eigenvalue weighted by molar-refractivity contribution is -0.144. The molecule has 0 amide bonds. The van der Waals surface area contributed by atoms with Gasteiger partial charge in [0.2, 0.25) is 0 Å². The second-order valence-electron chi connectivity index (χ2n) is 4.76. The van der Waals surface area contributed by atoms with Crippen LogP contribution in [0, 0.1) is 5.82 Å². The Morgan fingerprint density at radius 2 is 2.05 bits per heavy atom. The largest absolute Gasteiger partial charge is 0.433 e. The molecule has 1 aromatic heterocycles. The van der Waals surface area contributed by atoms with Crippen molar-refractivity contribution < 1.29 is 22.7 Å². The Morgan fingerprint density at radius 1 is 1.32 bits per heavy atom. The number of anilines is 1. The third kappa shape index (κ3) is 3.56. The van der Waals surface area contributed by atoms with Gasteiger partial charge in [0.25, 0.3) is 0 Å². The van der Waals surface area contributed by atoms with Gasteiger partial charge < -0.3 is 10.0 Å². The molecule has 0 aliphatic carbocycles. The number of aliphatic hydroxyl groups is 1. The molecule has 0 saturated heterocycles. The van der Waals surface area contributed by atoms with Gasteiger partial charge in [-0.2, -0.15) is 18.3 Å². The van der Waals surface area contributed by atoms with Gasteiger partial charge in [0.1, 0.15) is 11.5 Å². The highest BCUT2D eigenvalue weighted by Crippen LogP contribution is 2.32. The molecule has 1 aromatic carbocycles. The van der Waals surface area contributed by atoms with Gasteiger partial charge in [-0.25, -0.2) is 4.39 Å². The summed E-state index contributed by atoms with van der Waals surface area (Å²) in [7, 11) is 1.21. The van der Waals surface area contributed by atoms with E-state index in [-0.39, 0.29) is 25.3 Å². The first kappa shape index (κ1) is 16.3. The van der Waals surface area contributed by atoms with E-state index in [1.54, 1.807) is 6.07 Å². The topological polar surface area (TPSA) is 41.3 Å². The fourth-order valence-corrected chi connectivity index (χ4v) is 2.26. The van der Waals surface area contributed by atoms with Gasteiger partial charge in [0.05, 0.1) is 12.8 Å². The molecule has 0 radical (unpaired) electrons. The van der Waals surface area contributed by atoms with Crippen molar-refractivity contribution in [2.75, 3.05) is 18.1 Å².